The monoisotopic (exact) mass is 788 g/mol. The molecule has 0 saturated heterocycles. The number of rotatable bonds is 47. The first-order valence-corrected chi connectivity index (χ1v) is 25.5. The summed E-state index contributed by atoms with van der Waals surface area (Å²) in [5.74, 6) is -0.0277. The zero-order chi connectivity index (χ0) is 40.7. The van der Waals surface area contributed by atoms with Crippen molar-refractivity contribution in [3.8, 4) is 0 Å². The molecule has 0 aliphatic carbocycles. The fourth-order valence-electron chi connectivity index (χ4n) is 8.04. The van der Waals surface area contributed by atoms with Crippen LogP contribution in [0.2, 0.25) is 0 Å². The van der Waals surface area contributed by atoms with Crippen LogP contribution < -0.4 is 5.32 Å². The average molecular weight is 788 g/mol. The van der Waals surface area contributed by atoms with Gasteiger partial charge in [0.15, 0.2) is 0 Å². The lowest BCUT2D eigenvalue weighted by molar-refractivity contribution is -0.123. The highest BCUT2D eigenvalue weighted by Gasteiger charge is 2.20. The van der Waals surface area contributed by atoms with E-state index in [1.54, 1.807) is 0 Å². The van der Waals surface area contributed by atoms with Crippen molar-refractivity contribution in [2.45, 2.75) is 296 Å². The van der Waals surface area contributed by atoms with Gasteiger partial charge >= 0.3 is 0 Å². The Labute approximate surface area is 351 Å². The van der Waals surface area contributed by atoms with Gasteiger partial charge in [0.1, 0.15) is 0 Å². The van der Waals surface area contributed by atoms with E-state index >= 15 is 0 Å². The summed E-state index contributed by atoms with van der Waals surface area (Å²) in [7, 11) is 0. The Morgan fingerprint density at radius 3 is 1.07 bits per heavy atom. The Bertz CT molecular complexity index is 810. The number of aliphatic hydroxyl groups excluding tert-OH is 2. The number of aliphatic hydroxyl groups is 2. The van der Waals surface area contributed by atoms with Crippen molar-refractivity contribution in [1.29, 1.82) is 0 Å². The maximum Gasteiger partial charge on any atom is 0.220 e. The van der Waals surface area contributed by atoms with Gasteiger partial charge in [-0.3, -0.25) is 4.79 Å². The Kier molecular flexibility index (Phi) is 47.3. The van der Waals surface area contributed by atoms with Crippen LogP contribution in [-0.4, -0.2) is 34.9 Å². The first-order chi connectivity index (χ1) is 27.7. The van der Waals surface area contributed by atoms with Crippen molar-refractivity contribution in [2.24, 2.45) is 0 Å². The van der Waals surface area contributed by atoms with Crippen LogP contribution in [0.25, 0.3) is 0 Å². The van der Waals surface area contributed by atoms with Crippen molar-refractivity contribution in [2.75, 3.05) is 6.61 Å². The zero-order valence-corrected chi connectivity index (χ0v) is 38.2. The molecule has 332 valence electrons. The van der Waals surface area contributed by atoms with E-state index < -0.39 is 12.1 Å². The number of nitrogens with one attached hydrogen (secondary N) is 1. The van der Waals surface area contributed by atoms with Crippen molar-refractivity contribution in [3.63, 3.8) is 0 Å². The number of carbonyl (C=O) groups excluding carboxylic acids is 1. The molecule has 0 radical (unpaired) electrons. The lowest BCUT2D eigenvalue weighted by Gasteiger charge is -2.22. The van der Waals surface area contributed by atoms with Gasteiger partial charge < -0.3 is 15.5 Å². The smallest absolute Gasteiger partial charge is 0.220 e. The Balaban J connectivity index is 3.45. The summed E-state index contributed by atoms with van der Waals surface area (Å²) in [4.78, 5) is 12.5. The topological polar surface area (TPSA) is 69.6 Å². The van der Waals surface area contributed by atoms with E-state index in [1.165, 1.54) is 225 Å². The van der Waals surface area contributed by atoms with Gasteiger partial charge in [-0.1, -0.05) is 256 Å². The highest BCUT2D eigenvalue weighted by Crippen LogP contribution is 2.17. The molecule has 0 aliphatic heterocycles. The van der Waals surface area contributed by atoms with Crippen molar-refractivity contribution in [3.05, 3.63) is 24.3 Å². The minimum Gasteiger partial charge on any atom is -0.394 e. The molecule has 0 rings (SSSR count). The molecule has 2 atom stereocenters. The molecule has 3 N–H and O–H groups in total. The van der Waals surface area contributed by atoms with Crippen LogP contribution in [0.15, 0.2) is 24.3 Å². The largest absolute Gasteiger partial charge is 0.394 e. The molecular weight excluding hydrogens is 687 g/mol. The highest BCUT2D eigenvalue weighted by molar-refractivity contribution is 5.76. The number of amides is 1. The van der Waals surface area contributed by atoms with E-state index in [2.05, 4.69) is 43.5 Å². The second kappa shape index (κ2) is 48.2. The van der Waals surface area contributed by atoms with E-state index in [1.807, 2.05) is 0 Å². The number of allylic oxidation sites excluding steroid dienone is 4. The minimum absolute atomic E-state index is 0.0277. The molecule has 0 aromatic rings. The van der Waals surface area contributed by atoms with Gasteiger partial charge in [0, 0.05) is 6.42 Å². The van der Waals surface area contributed by atoms with Crippen LogP contribution in [0.1, 0.15) is 284 Å². The number of carbonyl (C=O) groups is 1. The maximum absolute atomic E-state index is 12.5. The fraction of sp³-hybridized carbons (Fsp3) is 0.904. The maximum atomic E-state index is 12.5. The molecule has 0 spiro atoms. The molecule has 0 aromatic carbocycles. The second-order valence-corrected chi connectivity index (χ2v) is 17.6. The molecule has 0 bridgehead atoms. The third kappa shape index (κ3) is 44.0. The summed E-state index contributed by atoms with van der Waals surface area (Å²) in [6.45, 7) is 4.37. The van der Waals surface area contributed by atoms with Gasteiger partial charge in [-0.2, -0.15) is 0 Å². The van der Waals surface area contributed by atoms with Gasteiger partial charge in [0.25, 0.3) is 0 Å². The Morgan fingerprint density at radius 2 is 0.732 bits per heavy atom. The van der Waals surface area contributed by atoms with Crippen LogP contribution in [-0.2, 0) is 4.79 Å². The van der Waals surface area contributed by atoms with Gasteiger partial charge in [-0.05, 0) is 44.9 Å². The van der Waals surface area contributed by atoms with E-state index in [9.17, 15) is 15.0 Å². The molecule has 4 heteroatoms. The van der Waals surface area contributed by atoms with Gasteiger partial charge in [-0.15, -0.1) is 0 Å². The van der Waals surface area contributed by atoms with Crippen LogP contribution >= 0.6 is 0 Å². The summed E-state index contributed by atoms with van der Waals surface area (Å²) >= 11 is 0. The number of hydrogen-bond donors (Lipinski definition) is 3. The molecule has 56 heavy (non-hydrogen) atoms. The van der Waals surface area contributed by atoms with E-state index in [-0.39, 0.29) is 12.5 Å². The lowest BCUT2D eigenvalue weighted by Crippen LogP contribution is -2.45. The van der Waals surface area contributed by atoms with Crippen LogP contribution in [0.4, 0.5) is 0 Å². The summed E-state index contributed by atoms with van der Waals surface area (Å²) in [6, 6.07) is -0.534. The molecule has 0 aliphatic rings. The van der Waals surface area contributed by atoms with Gasteiger partial charge in [0.05, 0.1) is 18.8 Å². The SMILES string of the molecule is CCCCCCC/C=C\C/C=C\CCCCCCCCCCCCCCCCCC(=O)NC(CO)C(O)CCCCCCCCCCCCCCCCCCC. The van der Waals surface area contributed by atoms with E-state index in [0.29, 0.717) is 12.8 Å². The highest BCUT2D eigenvalue weighted by atomic mass is 16.3. The van der Waals surface area contributed by atoms with E-state index in [0.717, 1.165) is 32.1 Å². The van der Waals surface area contributed by atoms with Crippen molar-refractivity contribution in [1.82, 2.24) is 5.32 Å². The minimum atomic E-state index is -0.657. The van der Waals surface area contributed by atoms with Crippen molar-refractivity contribution < 1.29 is 15.0 Å². The summed E-state index contributed by atoms with van der Waals surface area (Å²) in [6.07, 6.45) is 62.8. The normalized spacial score (nSPS) is 13.0. The quantitative estimate of drug-likeness (QED) is 0.0425. The molecule has 2 unspecified atom stereocenters. The molecule has 0 fully saturated rings. The Morgan fingerprint density at radius 1 is 0.429 bits per heavy atom. The molecule has 1 amide bonds. The van der Waals surface area contributed by atoms with Crippen LogP contribution in [0, 0.1) is 0 Å². The first-order valence-electron chi connectivity index (χ1n) is 25.5. The average Bonchev–Trinajstić information content (AvgIpc) is 3.20. The van der Waals surface area contributed by atoms with Gasteiger partial charge in [-0.25, -0.2) is 0 Å². The molecule has 4 nitrogen and oxygen atoms in total. The standard InChI is InChI=1S/C52H101NO3/c1-3-5-7-9-11-13-15-17-19-21-22-23-24-25-26-27-28-29-30-32-34-36-38-40-42-44-46-48-52(56)53-50(49-54)51(55)47-45-43-41-39-37-35-33-31-20-18-16-14-12-10-8-6-4-2/h15,17,21-22,50-51,54-55H,3-14,16,18-20,23-49H2,1-2H3,(H,53,56)/b17-15-,22-21-. The third-order valence-electron chi connectivity index (χ3n) is 12.0. The zero-order valence-electron chi connectivity index (χ0n) is 38.2. The summed E-state index contributed by atoms with van der Waals surface area (Å²) in [5.41, 5.74) is 0. The van der Waals surface area contributed by atoms with Gasteiger partial charge in [0.2, 0.25) is 5.91 Å². The molecule has 0 heterocycles. The molecule has 0 aromatic heterocycles. The van der Waals surface area contributed by atoms with Crippen LogP contribution in [0.3, 0.4) is 0 Å². The van der Waals surface area contributed by atoms with Crippen LogP contribution in [0.5, 0.6) is 0 Å². The predicted octanol–water partition coefficient (Wildman–Crippen LogP) is 16.4. The number of unbranched alkanes of at least 4 members (excludes halogenated alkanes) is 36. The number of hydrogen-bond acceptors (Lipinski definition) is 3. The summed E-state index contributed by atoms with van der Waals surface area (Å²) in [5, 5.41) is 23.3. The van der Waals surface area contributed by atoms with Crippen molar-refractivity contribution >= 4 is 5.91 Å². The molecular formula is C52H101NO3. The fourth-order valence-corrected chi connectivity index (χ4v) is 8.04. The second-order valence-electron chi connectivity index (χ2n) is 17.6. The van der Waals surface area contributed by atoms with E-state index in [4.69, 9.17) is 0 Å². The Hall–Kier alpha value is -1.13. The molecule has 0 saturated carbocycles. The third-order valence-corrected chi connectivity index (χ3v) is 12.0. The lowest BCUT2D eigenvalue weighted by atomic mass is 10.0. The first kappa shape index (κ1) is 54.9. The predicted molar refractivity (Wildman–Crippen MR) is 249 cm³/mol. The summed E-state index contributed by atoms with van der Waals surface area (Å²) < 4.78 is 0.